The fourth-order valence-electron chi connectivity index (χ4n) is 18.3. The molecule has 145 heavy (non-hydrogen) atoms. The molecule has 0 radical (unpaired) electrons. The summed E-state index contributed by atoms with van der Waals surface area (Å²) in [4.78, 5) is 45.5. The number of likely N-dealkylation sites (tertiary alicyclic amines) is 4. The minimum atomic E-state index is -0.730. The van der Waals surface area contributed by atoms with Crippen LogP contribution in [0.15, 0.2) is 201 Å². The molecule has 4 atom stereocenters. The van der Waals surface area contributed by atoms with Crippen LogP contribution in [0.4, 0.5) is 6.01 Å². The molecule has 7 aromatic heterocycles. The van der Waals surface area contributed by atoms with E-state index >= 15 is 0 Å². The number of ether oxygens (including phenoxy) is 7. The van der Waals surface area contributed by atoms with Crippen molar-refractivity contribution in [2.24, 2.45) is 0 Å². The standard InChI is InChI=1S/C28H31N3O6.C26H28Cl2N4O4.C26H25Cl2N3O6.C25H27Cl2N3O5/c1-2-27-29-30-28(37-27)26-15-21-22(4-3-5-23(21)36-26)35-17-20(32)16-31-10-8-18(9-11-31)19-6-7-24-25(14-19)34-13-12-33-24;1-31(2)26-30-29-25(36-26)24-13-19-22(4-3-5-23(19)35-24)34-15-18(33)14-32-10-8-16(9-11-32)17-6-7-20(27)21(28)12-17;1-34-26(33)25-30-29-24(37-25)23-12-18-21(3-2-4-22(18)36-23)35-14-17(32)13-31-9-7-15(8-10-31)16-5-6-19(27)20(28)11-16;1-15(31)28-29-25(33)24-12-19-22(3-2-4-23(19)35-24)34-14-18(32)13-30-9-7-16(8-10-30)17-5-6-20(26)21(27)11-17/h3-7,14-15,18,20,32H,2,8-13,16-17H2,1H3;3-7,12-13,16,18,33H,8-11,14-15H2,1-2H3;2-6,11-12,15,17,32H,7-10,13-14H2,1H3;2-6,11-12,16,18,32H,7-10,13-14H2,1H3,(H,28,31)(H,29,33)/t20-;18-;17-;18-/m0000/s1. The maximum Gasteiger partial charge on any atom is 0.396 e. The summed E-state index contributed by atoms with van der Waals surface area (Å²) in [5, 5.41) is 72.6. The summed E-state index contributed by atoms with van der Waals surface area (Å²) < 4.78 is 79.5. The highest BCUT2D eigenvalue weighted by Crippen LogP contribution is 2.43. The van der Waals surface area contributed by atoms with Crippen LogP contribution in [0.1, 0.15) is 138 Å². The monoisotopic (exact) mass is 2100 g/mol. The molecule has 0 saturated carbocycles. The molecule has 764 valence electrons. The minimum Gasteiger partial charge on any atom is -0.490 e. The lowest BCUT2D eigenvalue weighted by atomic mass is 9.89. The van der Waals surface area contributed by atoms with Gasteiger partial charge in [-0.2, -0.15) is 0 Å². The van der Waals surface area contributed by atoms with Crippen LogP contribution >= 0.6 is 69.6 Å². The van der Waals surface area contributed by atoms with Crippen molar-refractivity contribution in [1.82, 2.24) is 61.0 Å². The number of nitrogens with one attached hydrogen (secondary N) is 2. The van der Waals surface area contributed by atoms with E-state index < -0.39 is 42.2 Å². The number of methoxy groups -OCH3 is 1. The molecule has 6 N–H and O–H groups in total. The maximum absolute atomic E-state index is 12.1. The Kier molecular flexibility index (Phi) is 35.1. The van der Waals surface area contributed by atoms with Crippen molar-refractivity contribution < 1.29 is 98.9 Å². The number of fused-ring (bicyclic) bond motifs is 5. The molecular weight excluding hydrogens is 1990 g/mol. The lowest BCUT2D eigenvalue weighted by Gasteiger charge is -2.33. The lowest BCUT2D eigenvalue weighted by molar-refractivity contribution is -0.119. The summed E-state index contributed by atoms with van der Waals surface area (Å²) in [5.74, 6) is 6.38. The number of halogens is 6. The number of hydrogen-bond donors (Lipinski definition) is 6. The molecule has 4 saturated heterocycles. The Bertz CT molecular complexity index is 6910. The molecule has 5 aliphatic rings. The predicted octanol–water partition coefficient (Wildman–Crippen LogP) is 19.2. The number of anilines is 1. The Morgan fingerprint density at radius 1 is 0.400 bits per heavy atom. The Morgan fingerprint density at radius 3 is 1.12 bits per heavy atom. The van der Waals surface area contributed by atoms with Gasteiger partial charge in [-0.3, -0.25) is 20.4 Å². The van der Waals surface area contributed by atoms with Crippen molar-refractivity contribution in [2.75, 3.05) is 144 Å². The summed E-state index contributed by atoms with van der Waals surface area (Å²) in [6.45, 7) is 14.3. The minimum absolute atomic E-state index is 0.0372. The predicted molar refractivity (Wildman–Crippen MR) is 548 cm³/mol. The van der Waals surface area contributed by atoms with E-state index in [1.54, 1.807) is 53.4 Å². The largest absolute Gasteiger partial charge is 0.490 e. The number of benzene rings is 8. The molecule has 0 unspecified atom stereocenters. The van der Waals surface area contributed by atoms with Crippen LogP contribution < -0.4 is 44.2 Å². The second-order valence-electron chi connectivity index (χ2n) is 36.4. The van der Waals surface area contributed by atoms with Gasteiger partial charge in [0.15, 0.2) is 34.5 Å². The molecule has 34 nitrogen and oxygen atoms in total. The quantitative estimate of drug-likeness (QED) is 0.0174. The maximum atomic E-state index is 12.1. The highest BCUT2D eigenvalue weighted by molar-refractivity contribution is 6.43. The summed E-state index contributed by atoms with van der Waals surface area (Å²) >= 11 is 36.7. The number of nitrogens with zero attached hydrogens (tertiary/aromatic N) is 11. The van der Waals surface area contributed by atoms with Gasteiger partial charge < -0.3 is 109 Å². The van der Waals surface area contributed by atoms with E-state index in [2.05, 4.69) is 84.0 Å². The first-order valence-electron chi connectivity index (χ1n) is 48.0. The molecule has 0 spiro atoms. The molecule has 0 aliphatic carbocycles. The van der Waals surface area contributed by atoms with Crippen molar-refractivity contribution in [3.8, 4) is 69.4 Å². The second kappa shape index (κ2) is 48.9. The Balaban J connectivity index is 0.000000132. The number of aryl methyl sites for hydroxylation is 1. The zero-order chi connectivity index (χ0) is 101. The van der Waals surface area contributed by atoms with Crippen LogP contribution in [0.2, 0.25) is 30.1 Å². The Hall–Kier alpha value is -12.2. The summed E-state index contributed by atoms with van der Waals surface area (Å²) in [6.07, 6.45) is 6.11. The third-order valence-corrected chi connectivity index (χ3v) is 28.1. The van der Waals surface area contributed by atoms with Gasteiger partial charge in [-0.25, -0.2) is 4.79 Å². The molecule has 5 aliphatic heterocycles. The number of aliphatic hydroxyl groups is 4. The van der Waals surface area contributed by atoms with E-state index in [4.69, 9.17) is 129 Å². The van der Waals surface area contributed by atoms with Gasteiger partial charge in [-0.1, -0.05) is 130 Å². The summed E-state index contributed by atoms with van der Waals surface area (Å²) in [7, 11) is 4.88. The smallest absolute Gasteiger partial charge is 0.396 e. The van der Waals surface area contributed by atoms with Crippen LogP contribution in [0.25, 0.3) is 78.8 Å². The number of hydrogen-bond acceptors (Lipinski definition) is 32. The number of hydrazine groups is 1. The van der Waals surface area contributed by atoms with Crippen LogP contribution in [0.3, 0.4) is 0 Å². The number of furan rings is 4. The number of amides is 2. The average Bonchev–Trinajstić information content (AvgIpc) is 1.67. The van der Waals surface area contributed by atoms with Crippen LogP contribution in [0.5, 0.6) is 34.5 Å². The first kappa shape index (κ1) is 104. The van der Waals surface area contributed by atoms with Gasteiger partial charge in [0, 0.05) is 77.9 Å². The number of rotatable bonds is 31. The van der Waals surface area contributed by atoms with Crippen molar-refractivity contribution in [1.29, 1.82) is 0 Å². The van der Waals surface area contributed by atoms with Crippen molar-refractivity contribution >= 4 is 137 Å². The number of esters is 1. The van der Waals surface area contributed by atoms with E-state index in [1.807, 2.05) is 124 Å². The van der Waals surface area contributed by atoms with E-state index in [-0.39, 0.29) is 44.0 Å². The molecule has 12 heterocycles. The van der Waals surface area contributed by atoms with E-state index in [9.17, 15) is 34.8 Å². The average molecular weight is 2100 g/mol. The molecule has 8 aromatic carbocycles. The van der Waals surface area contributed by atoms with E-state index in [0.29, 0.717) is 197 Å². The summed E-state index contributed by atoms with van der Waals surface area (Å²) in [5.41, 5.74) is 11.7. The van der Waals surface area contributed by atoms with Crippen molar-refractivity contribution in [2.45, 2.75) is 120 Å². The normalized spacial score (nSPS) is 16.1. The van der Waals surface area contributed by atoms with Gasteiger partial charge in [-0.15, -0.1) is 25.5 Å². The van der Waals surface area contributed by atoms with Crippen LogP contribution in [-0.4, -0.2) is 252 Å². The molecule has 0 bridgehead atoms. The van der Waals surface area contributed by atoms with Gasteiger partial charge in [0.25, 0.3) is 17.7 Å². The number of carbonyl (C=O) groups is 3. The Morgan fingerprint density at radius 2 is 0.752 bits per heavy atom. The first-order valence-corrected chi connectivity index (χ1v) is 50.3. The second-order valence-corrected chi connectivity index (χ2v) is 38.8. The van der Waals surface area contributed by atoms with Crippen LogP contribution in [-0.2, 0) is 16.0 Å². The first-order chi connectivity index (χ1) is 70.2. The fraction of sp³-hybridized carbons (Fsp3) is 0.381. The highest BCUT2D eigenvalue weighted by Gasteiger charge is 2.32. The molecule has 20 rings (SSSR count). The third kappa shape index (κ3) is 27.0. The number of aromatic nitrogens is 6. The van der Waals surface area contributed by atoms with E-state index in [0.717, 1.165) is 126 Å². The van der Waals surface area contributed by atoms with Gasteiger partial charge >= 0.3 is 23.8 Å². The Labute approximate surface area is 864 Å². The third-order valence-electron chi connectivity index (χ3n) is 25.9. The lowest BCUT2D eigenvalue weighted by Crippen LogP contribution is -2.40. The molecule has 40 heteroatoms. The zero-order valence-corrected chi connectivity index (χ0v) is 84.8. The van der Waals surface area contributed by atoms with Crippen molar-refractivity contribution in [3.63, 3.8) is 0 Å². The number of aliphatic hydroxyl groups excluding tert-OH is 4. The van der Waals surface area contributed by atoms with E-state index in [1.165, 1.54) is 36.3 Å². The highest BCUT2D eigenvalue weighted by atomic mass is 35.5. The fourth-order valence-corrected chi connectivity index (χ4v) is 19.2. The van der Waals surface area contributed by atoms with Gasteiger partial charge in [0.2, 0.25) is 11.8 Å². The summed E-state index contributed by atoms with van der Waals surface area (Å²) in [6, 6.07) is 52.9. The molecule has 4 fully saturated rings. The van der Waals surface area contributed by atoms with Gasteiger partial charge in [0.05, 0.1) is 58.8 Å². The molecule has 15 aromatic rings. The van der Waals surface area contributed by atoms with Crippen molar-refractivity contribution in [3.05, 3.63) is 240 Å². The van der Waals surface area contributed by atoms with Gasteiger partial charge in [-0.05, 0) is 247 Å². The van der Waals surface area contributed by atoms with Gasteiger partial charge in [0.1, 0.15) is 109 Å². The molecule has 2 amide bonds. The SMILES string of the molecule is CC(=O)NNC(=O)c1cc2c(OC[C@@H](O)CN3CCC(c4ccc(Cl)c(Cl)c4)CC3)cccc2o1.CCc1nnc(-c2cc3c(OC[C@@H](O)CN4CCC(c5ccc6c(c5)OCCO6)CC4)cccc3o2)o1.CN(C)c1nnc(-c2cc3c(OC[C@@H](O)CN4CCC(c5ccc(Cl)c(Cl)c5)CC4)cccc3o2)o1.COC(=O)c1nnc(-c2cc3c(OC[C@@H](O)CN4CCC(c5ccc(Cl)c(Cl)c5)CC4)cccc3o2)o1. The number of piperidine rings is 4. The number of carbonyl (C=O) groups excluding carboxylic acids is 3. The number of β-amino-alcohol motifs (C(OH)–C–C–N with tert-alkyl or cyclic N) is 4. The zero-order valence-electron chi connectivity index (χ0n) is 80.3. The van der Waals surface area contributed by atoms with Crippen LogP contribution in [0, 0.1) is 0 Å². The topological polar surface area (TPSA) is 406 Å². The molecular formula is C105H111Cl6N13O21.